The summed E-state index contributed by atoms with van der Waals surface area (Å²) in [6, 6.07) is 20.5. The Bertz CT molecular complexity index is 667. The molecule has 2 aromatic carbocycles. The Kier molecular flexibility index (Phi) is 3.41. The molecular weight excluding hydrogens is 251 g/mol. The fourth-order valence-electron chi connectivity index (χ4n) is 2.32. The van der Waals surface area contributed by atoms with Gasteiger partial charge in [-0.25, -0.2) is 0 Å². The van der Waals surface area contributed by atoms with E-state index in [9.17, 15) is 4.89 Å². The van der Waals surface area contributed by atoms with Crippen LogP contribution in [-0.2, 0) is 0 Å². The van der Waals surface area contributed by atoms with Crippen LogP contribution in [0.5, 0.6) is 0 Å². The highest BCUT2D eigenvalue weighted by Crippen LogP contribution is 2.35. The molecule has 1 aliphatic carbocycles. The molecule has 0 heterocycles. The molecule has 1 aliphatic rings. The standard InChI is InChI=1S/C17H13OP/c18-19-16-12-11-15(13-7-3-1-4-8-13)17(16)14-9-5-2-6-10-14/h1-12,18H. The van der Waals surface area contributed by atoms with Gasteiger partial charge in [0, 0.05) is 10.9 Å². The second-order valence-electron chi connectivity index (χ2n) is 4.34. The average Bonchev–Trinajstić information content (AvgIpc) is 2.93. The molecule has 0 saturated carbocycles. The molecule has 0 bridgehead atoms. The van der Waals surface area contributed by atoms with Crippen molar-refractivity contribution in [2.75, 3.05) is 0 Å². The molecule has 2 aromatic rings. The van der Waals surface area contributed by atoms with Crippen molar-refractivity contribution in [1.82, 2.24) is 0 Å². The number of hydrogen-bond donors (Lipinski definition) is 1. The molecule has 0 saturated heterocycles. The van der Waals surface area contributed by atoms with E-state index >= 15 is 0 Å². The first-order valence-corrected chi connectivity index (χ1v) is 7.00. The van der Waals surface area contributed by atoms with Gasteiger partial charge < -0.3 is 4.89 Å². The first-order valence-electron chi connectivity index (χ1n) is 6.16. The third-order valence-corrected chi connectivity index (χ3v) is 3.78. The van der Waals surface area contributed by atoms with E-state index in [1.165, 1.54) is 11.1 Å². The van der Waals surface area contributed by atoms with Gasteiger partial charge in [0.05, 0.1) is 8.43 Å². The fraction of sp³-hybridized carbons (Fsp3) is 0. The summed E-state index contributed by atoms with van der Waals surface area (Å²) in [6.07, 6.45) is 4.07. The van der Waals surface area contributed by atoms with Crippen molar-refractivity contribution in [2.24, 2.45) is 0 Å². The SMILES string of the molecule is OP=C1C=CC(c2ccccc2)=C1c1ccccc1. The van der Waals surface area contributed by atoms with Crippen LogP contribution in [0.4, 0.5) is 0 Å². The Morgan fingerprint density at radius 2 is 1.26 bits per heavy atom. The minimum Gasteiger partial charge on any atom is -0.341 e. The molecule has 19 heavy (non-hydrogen) atoms. The van der Waals surface area contributed by atoms with Crippen molar-refractivity contribution in [2.45, 2.75) is 0 Å². The van der Waals surface area contributed by atoms with Crippen LogP contribution in [0.1, 0.15) is 11.1 Å². The van der Waals surface area contributed by atoms with Gasteiger partial charge in [0.15, 0.2) is 0 Å². The molecule has 0 fully saturated rings. The van der Waals surface area contributed by atoms with Crippen molar-refractivity contribution in [3.05, 3.63) is 83.9 Å². The fourth-order valence-corrected chi connectivity index (χ4v) is 2.81. The van der Waals surface area contributed by atoms with Crippen molar-refractivity contribution < 1.29 is 4.89 Å². The largest absolute Gasteiger partial charge is 0.341 e. The van der Waals surface area contributed by atoms with Gasteiger partial charge in [0.2, 0.25) is 0 Å². The van der Waals surface area contributed by atoms with Crippen molar-refractivity contribution in [3.63, 3.8) is 0 Å². The predicted molar refractivity (Wildman–Crippen MR) is 83.0 cm³/mol. The van der Waals surface area contributed by atoms with Crippen molar-refractivity contribution in [1.29, 1.82) is 0 Å². The Morgan fingerprint density at radius 1 is 0.684 bits per heavy atom. The molecule has 1 N–H and O–H groups in total. The normalized spacial score (nSPS) is 16.4. The minimum absolute atomic E-state index is 0.313. The van der Waals surface area contributed by atoms with Crippen LogP contribution in [0, 0.1) is 0 Å². The van der Waals surface area contributed by atoms with Crippen LogP contribution in [0.3, 0.4) is 0 Å². The van der Waals surface area contributed by atoms with E-state index in [1.54, 1.807) is 0 Å². The minimum atomic E-state index is 0.313. The third-order valence-electron chi connectivity index (χ3n) is 3.19. The van der Waals surface area contributed by atoms with E-state index in [0.717, 1.165) is 16.4 Å². The van der Waals surface area contributed by atoms with Gasteiger partial charge in [0.25, 0.3) is 0 Å². The van der Waals surface area contributed by atoms with Crippen molar-refractivity contribution >= 4 is 24.9 Å². The van der Waals surface area contributed by atoms with Crippen LogP contribution < -0.4 is 0 Å². The van der Waals surface area contributed by atoms with Gasteiger partial charge in [0.1, 0.15) is 0 Å². The van der Waals surface area contributed by atoms with Crippen LogP contribution in [0.15, 0.2) is 72.8 Å². The number of rotatable bonds is 2. The molecule has 0 amide bonds. The highest BCUT2D eigenvalue weighted by Gasteiger charge is 2.17. The molecule has 2 heteroatoms. The van der Waals surface area contributed by atoms with E-state index in [0.29, 0.717) is 8.43 Å². The summed E-state index contributed by atoms with van der Waals surface area (Å²) < 4.78 is 0. The lowest BCUT2D eigenvalue weighted by Gasteiger charge is -2.09. The monoisotopic (exact) mass is 264 g/mol. The number of benzene rings is 2. The highest BCUT2D eigenvalue weighted by atomic mass is 31.1. The lowest BCUT2D eigenvalue weighted by Crippen LogP contribution is -1.94. The molecule has 92 valence electrons. The third kappa shape index (κ3) is 2.31. The molecule has 0 aliphatic heterocycles. The van der Waals surface area contributed by atoms with Crippen molar-refractivity contribution in [3.8, 4) is 0 Å². The number of allylic oxidation sites excluding steroid dienone is 4. The van der Waals surface area contributed by atoms with Gasteiger partial charge in [-0.2, -0.15) is 0 Å². The second kappa shape index (κ2) is 5.36. The smallest absolute Gasteiger partial charge is 0.0609 e. The van der Waals surface area contributed by atoms with Gasteiger partial charge in [-0.1, -0.05) is 66.7 Å². The molecule has 0 unspecified atom stereocenters. The average molecular weight is 264 g/mol. The zero-order valence-electron chi connectivity index (χ0n) is 10.3. The van der Waals surface area contributed by atoms with Gasteiger partial charge in [-0.3, -0.25) is 0 Å². The lowest BCUT2D eigenvalue weighted by molar-refractivity contribution is 0.661. The van der Waals surface area contributed by atoms with Gasteiger partial charge in [-0.15, -0.1) is 0 Å². The Labute approximate surface area is 114 Å². The zero-order chi connectivity index (χ0) is 13.1. The summed E-state index contributed by atoms with van der Waals surface area (Å²) in [7, 11) is 0.313. The van der Waals surface area contributed by atoms with Crippen LogP contribution in [-0.4, -0.2) is 10.2 Å². The van der Waals surface area contributed by atoms with Gasteiger partial charge in [-0.05, 0) is 22.8 Å². The summed E-state index contributed by atoms with van der Waals surface area (Å²) in [5, 5.41) is 0.949. The first-order chi connectivity index (χ1) is 9.40. The molecular formula is C17H13OP. The van der Waals surface area contributed by atoms with E-state index in [-0.39, 0.29) is 0 Å². The van der Waals surface area contributed by atoms with E-state index in [4.69, 9.17) is 0 Å². The predicted octanol–water partition coefficient (Wildman–Crippen LogP) is 4.19. The van der Waals surface area contributed by atoms with Crippen LogP contribution in [0.25, 0.3) is 11.1 Å². The van der Waals surface area contributed by atoms with Crippen LogP contribution in [0.2, 0.25) is 0 Å². The molecule has 0 aromatic heterocycles. The molecule has 3 rings (SSSR count). The van der Waals surface area contributed by atoms with E-state index in [1.807, 2.05) is 42.5 Å². The summed E-state index contributed by atoms with van der Waals surface area (Å²) in [4.78, 5) is 9.51. The summed E-state index contributed by atoms with van der Waals surface area (Å²) >= 11 is 0. The molecule has 0 radical (unpaired) electrons. The zero-order valence-corrected chi connectivity index (χ0v) is 11.2. The first kappa shape index (κ1) is 12.1. The maximum atomic E-state index is 9.51. The van der Waals surface area contributed by atoms with E-state index in [2.05, 4.69) is 30.3 Å². The Morgan fingerprint density at radius 3 is 1.84 bits per heavy atom. The van der Waals surface area contributed by atoms with Gasteiger partial charge >= 0.3 is 0 Å². The quantitative estimate of drug-likeness (QED) is 0.806. The summed E-state index contributed by atoms with van der Waals surface area (Å²) in [5.74, 6) is 0. The highest BCUT2D eigenvalue weighted by molar-refractivity contribution is 7.37. The summed E-state index contributed by atoms with van der Waals surface area (Å²) in [5.41, 5.74) is 4.61. The number of hydrogen-bond acceptors (Lipinski definition) is 1. The lowest BCUT2D eigenvalue weighted by atomic mass is 9.97. The summed E-state index contributed by atoms with van der Waals surface area (Å²) in [6.45, 7) is 0. The molecule has 0 atom stereocenters. The maximum Gasteiger partial charge on any atom is 0.0609 e. The maximum absolute atomic E-state index is 9.51. The molecule has 0 spiro atoms. The van der Waals surface area contributed by atoms with E-state index < -0.39 is 0 Å². The van der Waals surface area contributed by atoms with Crippen LogP contribution >= 0.6 is 8.43 Å². The molecule has 1 nitrogen and oxygen atoms in total. The topological polar surface area (TPSA) is 20.2 Å². The Balaban J connectivity index is 2.20. The second-order valence-corrected chi connectivity index (χ2v) is 5.02. The Hall–Kier alpha value is -1.95.